The minimum atomic E-state index is -0.881. The molecule has 0 N–H and O–H groups in total. The lowest BCUT2D eigenvalue weighted by Gasteiger charge is -2.11. The number of amides is 4. The van der Waals surface area contributed by atoms with Crippen LogP contribution in [-0.4, -0.2) is 47.0 Å². The first-order chi connectivity index (χ1) is 9.02. The van der Waals surface area contributed by atoms with E-state index in [1.54, 1.807) is 30.3 Å². The van der Waals surface area contributed by atoms with Crippen LogP contribution in [0.2, 0.25) is 0 Å². The predicted molar refractivity (Wildman–Crippen MR) is 65.3 cm³/mol. The first-order valence-corrected chi connectivity index (χ1v) is 5.74. The zero-order valence-electron chi connectivity index (χ0n) is 10.3. The van der Waals surface area contributed by atoms with Gasteiger partial charge in [0.15, 0.2) is 5.78 Å². The van der Waals surface area contributed by atoms with Gasteiger partial charge in [0.05, 0.1) is 0 Å². The lowest BCUT2D eigenvalue weighted by molar-refractivity contribution is -0.142. The molecular formula is C13H12N2O4. The molecule has 2 rings (SSSR count). The Morgan fingerprint density at radius 3 is 2.21 bits per heavy atom. The van der Waals surface area contributed by atoms with Gasteiger partial charge in [-0.05, 0) is 0 Å². The molecule has 0 unspecified atom stereocenters. The molecule has 0 spiro atoms. The fourth-order valence-electron chi connectivity index (χ4n) is 1.79. The molecule has 1 aliphatic heterocycles. The summed E-state index contributed by atoms with van der Waals surface area (Å²) >= 11 is 0. The van der Waals surface area contributed by atoms with Gasteiger partial charge in [-0.15, -0.1) is 0 Å². The number of nitrogens with zero attached hydrogens (tertiary/aromatic N) is 2. The standard InChI is InChI=1S/C13H12N2O4/c1-14-11(17)12(18)15(13(14)19)8-7-10(16)9-5-3-2-4-6-9/h2-6H,7-8H2,1H3. The number of carbonyl (C=O) groups excluding carboxylic acids is 4. The number of benzene rings is 1. The van der Waals surface area contributed by atoms with Crippen molar-refractivity contribution in [3.63, 3.8) is 0 Å². The summed E-state index contributed by atoms with van der Waals surface area (Å²) in [7, 11) is 1.24. The van der Waals surface area contributed by atoms with E-state index in [1.165, 1.54) is 7.05 Å². The maximum absolute atomic E-state index is 11.8. The monoisotopic (exact) mass is 260 g/mol. The first kappa shape index (κ1) is 12.9. The highest BCUT2D eigenvalue weighted by molar-refractivity contribution is 6.44. The zero-order chi connectivity index (χ0) is 14.0. The second kappa shape index (κ2) is 5.01. The molecule has 6 heteroatoms. The highest BCUT2D eigenvalue weighted by atomic mass is 16.2. The van der Waals surface area contributed by atoms with Crippen LogP contribution in [0.1, 0.15) is 16.8 Å². The molecule has 1 aliphatic rings. The van der Waals surface area contributed by atoms with Crippen LogP contribution in [0.3, 0.4) is 0 Å². The number of likely N-dealkylation sites (N-methyl/N-ethyl adjacent to an activating group) is 1. The van der Waals surface area contributed by atoms with Gasteiger partial charge in [0.2, 0.25) is 0 Å². The topological polar surface area (TPSA) is 74.8 Å². The molecule has 4 amide bonds. The van der Waals surface area contributed by atoms with Crippen molar-refractivity contribution in [3.8, 4) is 0 Å². The molecule has 0 atom stereocenters. The largest absolute Gasteiger partial charge is 0.333 e. The zero-order valence-corrected chi connectivity index (χ0v) is 10.3. The molecule has 1 aromatic rings. The number of hydrogen-bond donors (Lipinski definition) is 0. The minimum absolute atomic E-state index is 0.00259. The van der Waals surface area contributed by atoms with Crippen molar-refractivity contribution in [1.82, 2.24) is 9.80 Å². The van der Waals surface area contributed by atoms with Crippen LogP contribution in [0.5, 0.6) is 0 Å². The molecule has 0 radical (unpaired) electrons. The van der Waals surface area contributed by atoms with E-state index in [0.29, 0.717) is 5.56 Å². The SMILES string of the molecule is CN1C(=O)C(=O)N(CCC(=O)c2ccccc2)C1=O. The molecule has 1 saturated heterocycles. The van der Waals surface area contributed by atoms with E-state index in [1.807, 2.05) is 0 Å². The number of hydrogen-bond acceptors (Lipinski definition) is 4. The van der Waals surface area contributed by atoms with Crippen LogP contribution >= 0.6 is 0 Å². The lowest BCUT2D eigenvalue weighted by atomic mass is 10.1. The third-order valence-electron chi connectivity index (χ3n) is 2.91. The number of carbonyl (C=O) groups is 4. The smallest absolute Gasteiger partial charge is 0.294 e. The van der Waals surface area contributed by atoms with Crippen LogP contribution in [-0.2, 0) is 9.59 Å². The number of imide groups is 2. The Balaban J connectivity index is 2.00. The molecule has 19 heavy (non-hydrogen) atoms. The summed E-state index contributed by atoms with van der Waals surface area (Å²) < 4.78 is 0. The normalized spacial score (nSPS) is 15.3. The Kier molecular flexibility index (Phi) is 3.41. The van der Waals surface area contributed by atoms with Gasteiger partial charge < -0.3 is 0 Å². The average Bonchev–Trinajstić information content (AvgIpc) is 2.62. The van der Waals surface area contributed by atoms with Crippen molar-refractivity contribution in [2.45, 2.75) is 6.42 Å². The van der Waals surface area contributed by atoms with Gasteiger partial charge in [0.1, 0.15) is 0 Å². The fourth-order valence-corrected chi connectivity index (χ4v) is 1.79. The van der Waals surface area contributed by atoms with Crippen LogP contribution in [0.25, 0.3) is 0 Å². The van der Waals surface area contributed by atoms with E-state index in [9.17, 15) is 19.2 Å². The molecule has 0 saturated carbocycles. The highest BCUT2D eigenvalue weighted by Crippen LogP contribution is 2.11. The summed E-state index contributed by atoms with van der Waals surface area (Å²) in [5, 5.41) is 0. The van der Waals surface area contributed by atoms with E-state index in [-0.39, 0.29) is 18.7 Å². The lowest BCUT2D eigenvalue weighted by Crippen LogP contribution is -2.33. The Morgan fingerprint density at radius 2 is 1.68 bits per heavy atom. The van der Waals surface area contributed by atoms with Gasteiger partial charge >= 0.3 is 17.8 Å². The second-order valence-corrected chi connectivity index (χ2v) is 4.14. The van der Waals surface area contributed by atoms with Crippen molar-refractivity contribution < 1.29 is 19.2 Å². The van der Waals surface area contributed by atoms with Crippen molar-refractivity contribution in [1.29, 1.82) is 0 Å². The third kappa shape index (κ3) is 2.37. The van der Waals surface area contributed by atoms with Gasteiger partial charge in [-0.2, -0.15) is 0 Å². The van der Waals surface area contributed by atoms with Crippen molar-refractivity contribution in [3.05, 3.63) is 35.9 Å². The van der Waals surface area contributed by atoms with E-state index in [2.05, 4.69) is 0 Å². The maximum Gasteiger partial charge on any atom is 0.333 e. The molecule has 0 aliphatic carbocycles. The van der Waals surface area contributed by atoms with Crippen LogP contribution < -0.4 is 0 Å². The van der Waals surface area contributed by atoms with Gasteiger partial charge in [-0.1, -0.05) is 30.3 Å². The molecule has 1 fully saturated rings. The molecular weight excluding hydrogens is 248 g/mol. The van der Waals surface area contributed by atoms with E-state index in [0.717, 1.165) is 9.80 Å². The second-order valence-electron chi connectivity index (χ2n) is 4.14. The maximum atomic E-state index is 11.8. The Bertz CT molecular complexity index is 553. The summed E-state index contributed by atoms with van der Waals surface area (Å²) in [6.45, 7) is -0.0819. The van der Waals surface area contributed by atoms with Gasteiger partial charge in [-0.25, -0.2) is 4.79 Å². The summed E-state index contributed by atoms with van der Waals surface area (Å²) in [6, 6.07) is 7.89. The van der Waals surface area contributed by atoms with Crippen LogP contribution in [0.4, 0.5) is 4.79 Å². The molecule has 6 nitrogen and oxygen atoms in total. The molecule has 1 heterocycles. The molecule has 0 bridgehead atoms. The molecule has 1 aromatic carbocycles. The molecule has 0 aromatic heterocycles. The summed E-state index contributed by atoms with van der Waals surface area (Å²) in [5.74, 6) is -1.92. The van der Waals surface area contributed by atoms with Crippen LogP contribution in [0.15, 0.2) is 30.3 Å². The average molecular weight is 260 g/mol. The van der Waals surface area contributed by atoms with E-state index in [4.69, 9.17) is 0 Å². The van der Waals surface area contributed by atoms with Crippen molar-refractivity contribution in [2.24, 2.45) is 0 Å². The van der Waals surface area contributed by atoms with E-state index < -0.39 is 17.8 Å². The quantitative estimate of drug-likeness (QED) is 0.453. The summed E-state index contributed by atoms with van der Waals surface area (Å²) in [4.78, 5) is 47.7. The Labute approximate surface area is 109 Å². The van der Waals surface area contributed by atoms with E-state index >= 15 is 0 Å². The number of rotatable bonds is 4. The predicted octanol–water partition coefficient (Wildman–Crippen LogP) is 0.680. The number of Topliss-reactive ketones (excluding diaryl/α,β-unsaturated/α-hetero) is 1. The molecule has 98 valence electrons. The number of urea groups is 1. The third-order valence-corrected chi connectivity index (χ3v) is 2.91. The number of ketones is 1. The Morgan fingerprint density at radius 1 is 1.05 bits per heavy atom. The van der Waals surface area contributed by atoms with Crippen molar-refractivity contribution in [2.75, 3.05) is 13.6 Å². The van der Waals surface area contributed by atoms with Gasteiger partial charge in [0, 0.05) is 25.6 Å². The van der Waals surface area contributed by atoms with Crippen LogP contribution in [0, 0.1) is 0 Å². The van der Waals surface area contributed by atoms with Gasteiger partial charge in [0.25, 0.3) is 0 Å². The highest BCUT2D eigenvalue weighted by Gasteiger charge is 2.41. The summed E-state index contributed by atoms with van der Waals surface area (Å²) in [5.41, 5.74) is 0.515. The first-order valence-electron chi connectivity index (χ1n) is 5.74. The fraction of sp³-hybridized carbons (Fsp3) is 0.231. The summed E-state index contributed by atoms with van der Waals surface area (Å²) in [6.07, 6.45) is 0.00259. The van der Waals surface area contributed by atoms with Gasteiger partial charge in [-0.3, -0.25) is 24.2 Å². The minimum Gasteiger partial charge on any atom is -0.294 e. The van der Waals surface area contributed by atoms with Crippen molar-refractivity contribution >= 4 is 23.6 Å². The Hall–Kier alpha value is -2.50.